The second-order valence-electron chi connectivity index (χ2n) is 4.87. The third kappa shape index (κ3) is 2.73. The molecule has 1 aliphatic rings. The van der Waals surface area contributed by atoms with Gasteiger partial charge in [-0.1, -0.05) is 6.07 Å². The van der Waals surface area contributed by atoms with Crippen molar-refractivity contribution < 1.29 is 13.5 Å². The van der Waals surface area contributed by atoms with Crippen LogP contribution in [0.3, 0.4) is 0 Å². The third-order valence-electron chi connectivity index (χ3n) is 3.49. The molecule has 2 aromatic rings. The first-order valence-corrected chi connectivity index (χ1v) is 6.73. The number of nitriles is 1. The van der Waals surface area contributed by atoms with Gasteiger partial charge in [0.05, 0.1) is 6.04 Å². The van der Waals surface area contributed by atoms with Gasteiger partial charge in [-0.05, 0) is 24.1 Å². The first kappa shape index (κ1) is 14.4. The Kier molecular flexibility index (Phi) is 3.94. The average molecular weight is 302 g/mol. The lowest BCUT2D eigenvalue weighted by Crippen LogP contribution is -2.24. The van der Waals surface area contributed by atoms with Crippen LogP contribution in [0.1, 0.15) is 23.8 Å². The van der Waals surface area contributed by atoms with Gasteiger partial charge in [-0.3, -0.25) is 0 Å². The maximum absolute atomic E-state index is 13.4. The first-order chi connectivity index (χ1) is 10.7. The molecule has 2 unspecified atom stereocenters. The Morgan fingerprint density at radius 3 is 2.82 bits per heavy atom. The fraction of sp³-hybridized carbons (Fsp3) is 0.267. The van der Waals surface area contributed by atoms with E-state index in [9.17, 15) is 8.78 Å². The summed E-state index contributed by atoms with van der Waals surface area (Å²) in [7, 11) is 0. The second-order valence-corrected chi connectivity index (χ2v) is 4.87. The minimum Gasteiger partial charge on any atom is -0.371 e. The predicted molar refractivity (Wildman–Crippen MR) is 73.8 cm³/mol. The zero-order valence-electron chi connectivity index (χ0n) is 11.5. The molecule has 5 nitrogen and oxygen atoms in total. The Morgan fingerprint density at radius 1 is 1.23 bits per heavy atom. The molecule has 1 saturated heterocycles. The second kappa shape index (κ2) is 6.03. The summed E-state index contributed by atoms with van der Waals surface area (Å²) in [5.41, 5.74) is 0.717. The van der Waals surface area contributed by atoms with Crippen LogP contribution in [0.2, 0.25) is 0 Å². The van der Waals surface area contributed by atoms with Crippen molar-refractivity contribution in [1.82, 2.24) is 9.97 Å². The van der Waals surface area contributed by atoms with Crippen molar-refractivity contribution in [3.8, 4) is 6.07 Å². The Balaban J connectivity index is 1.84. The molecule has 112 valence electrons. The number of aromatic nitrogens is 2. The van der Waals surface area contributed by atoms with Crippen LogP contribution in [0, 0.1) is 23.0 Å². The van der Waals surface area contributed by atoms with Crippen LogP contribution in [-0.4, -0.2) is 22.6 Å². The van der Waals surface area contributed by atoms with E-state index in [4.69, 9.17) is 10.00 Å². The van der Waals surface area contributed by atoms with E-state index in [0.29, 0.717) is 24.4 Å². The fourth-order valence-electron chi connectivity index (χ4n) is 2.46. The summed E-state index contributed by atoms with van der Waals surface area (Å²) in [5, 5.41) is 12.1. The molecule has 1 aliphatic heterocycles. The van der Waals surface area contributed by atoms with Gasteiger partial charge in [0.15, 0.2) is 23.1 Å². The van der Waals surface area contributed by atoms with Gasteiger partial charge in [0.2, 0.25) is 0 Å². The first-order valence-electron chi connectivity index (χ1n) is 6.73. The smallest absolute Gasteiger partial charge is 0.182 e. The Morgan fingerprint density at radius 2 is 2.05 bits per heavy atom. The summed E-state index contributed by atoms with van der Waals surface area (Å²) >= 11 is 0. The summed E-state index contributed by atoms with van der Waals surface area (Å²) in [6.45, 7) is 0.476. The van der Waals surface area contributed by atoms with E-state index in [0.717, 1.165) is 12.1 Å². The highest BCUT2D eigenvalue weighted by atomic mass is 19.2. The summed E-state index contributed by atoms with van der Waals surface area (Å²) in [6.07, 6.45) is 3.13. The quantitative estimate of drug-likeness (QED) is 0.943. The molecule has 22 heavy (non-hydrogen) atoms. The number of nitrogens with zero attached hydrogens (tertiary/aromatic N) is 3. The lowest BCUT2D eigenvalue weighted by molar-refractivity contribution is 0.107. The van der Waals surface area contributed by atoms with Gasteiger partial charge in [-0.2, -0.15) is 5.26 Å². The number of nitrogens with one attached hydrogen (secondary N) is 1. The maximum Gasteiger partial charge on any atom is 0.182 e. The van der Waals surface area contributed by atoms with Gasteiger partial charge in [0.1, 0.15) is 12.2 Å². The van der Waals surface area contributed by atoms with Gasteiger partial charge < -0.3 is 10.1 Å². The van der Waals surface area contributed by atoms with E-state index in [1.165, 1.54) is 18.5 Å². The number of benzene rings is 1. The molecule has 0 spiro atoms. The molecular weight excluding hydrogens is 290 g/mol. The van der Waals surface area contributed by atoms with E-state index in [1.54, 1.807) is 0 Å². The maximum atomic E-state index is 13.4. The molecule has 2 heterocycles. The molecule has 1 aromatic carbocycles. The SMILES string of the molecule is N#Cc1nccnc1NC1CCOC1c1ccc(F)c(F)c1. The average Bonchev–Trinajstić information content (AvgIpc) is 2.99. The monoisotopic (exact) mass is 302 g/mol. The predicted octanol–water partition coefficient (Wildman–Crippen LogP) is 2.57. The topological polar surface area (TPSA) is 70.8 Å². The van der Waals surface area contributed by atoms with Crippen molar-refractivity contribution in [2.75, 3.05) is 11.9 Å². The van der Waals surface area contributed by atoms with Gasteiger partial charge in [-0.15, -0.1) is 0 Å². The lowest BCUT2D eigenvalue weighted by atomic mass is 10.0. The van der Waals surface area contributed by atoms with E-state index >= 15 is 0 Å². The number of hydrogen-bond acceptors (Lipinski definition) is 5. The fourth-order valence-corrected chi connectivity index (χ4v) is 2.46. The van der Waals surface area contributed by atoms with Crippen molar-refractivity contribution >= 4 is 5.82 Å². The normalized spacial score (nSPS) is 20.6. The molecular formula is C15H12F2N4O. The molecule has 7 heteroatoms. The molecule has 1 N–H and O–H groups in total. The molecule has 3 rings (SSSR count). The molecule has 1 fully saturated rings. The highest BCUT2D eigenvalue weighted by molar-refractivity contribution is 5.48. The summed E-state index contributed by atoms with van der Waals surface area (Å²) in [5.74, 6) is -1.45. The van der Waals surface area contributed by atoms with E-state index in [-0.39, 0.29) is 11.7 Å². The number of ether oxygens (including phenoxy) is 1. The number of hydrogen-bond donors (Lipinski definition) is 1. The largest absolute Gasteiger partial charge is 0.371 e. The minimum atomic E-state index is -0.913. The van der Waals surface area contributed by atoms with Crippen LogP contribution in [-0.2, 0) is 4.74 Å². The Bertz CT molecular complexity index is 732. The van der Waals surface area contributed by atoms with Crippen molar-refractivity contribution in [2.24, 2.45) is 0 Å². The molecule has 0 bridgehead atoms. The summed E-state index contributed by atoms with van der Waals surface area (Å²) in [4.78, 5) is 8.01. The molecule has 0 aliphatic carbocycles. The lowest BCUT2D eigenvalue weighted by Gasteiger charge is -2.21. The summed E-state index contributed by atoms with van der Waals surface area (Å²) in [6, 6.07) is 5.45. The van der Waals surface area contributed by atoms with Gasteiger partial charge in [0.25, 0.3) is 0 Å². The van der Waals surface area contributed by atoms with Crippen molar-refractivity contribution in [1.29, 1.82) is 5.26 Å². The summed E-state index contributed by atoms with van der Waals surface area (Å²) < 4.78 is 32.0. The number of halogens is 2. The Hall–Kier alpha value is -2.59. The highest BCUT2D eigenvalue weighted by Crippen LogP contribution is 2.32. The van der Waals surface area contributed by atoms with E-state index < -0.39 is 17.7 Å². The molecule has 2 atom stereocenters. The van der Waals surface area contributed by atoms with Gasteiger partial charge in [-0.25, -0.2) is 18.7 Å². The Labute approximate surface area is 125 Å². The van der Waals surface area contributed by atoms with Gasteiger partial charge >= 0.3 is 0 Å². The van der Waals surface area contributed by atoms with Crippen molar-refractivity contribution in [3.05, 3.63) is 53.5 Å². The van der Waals surface area contributed by atoms with Crippen LogP contribution in [0.15, 0.2) is 30.6 Å². The van der Waals surface area contributed by atoms with Crippen LogP contribution in [0.25, 0.3) is 0 Å². The number of rotatable bonds is 3. The zero-order valence-corrected chi connectivity index (χ0v) is 11.5. The van der Waals surface area contributed by atoms with Crippen LogP contribution >= 0.6 is 0 Å². The molecule has 0 radical (unpaired) electrons. The van der Waals surface area contributed by atoms with E-state index in [1.807, 2.05) is 6.07 Å². The standard InChI is InChI=1S/C15H12F2N4O/c16-10-2-1-9(7-11(10)17)14-12(3-6-22-14)21-15-13(8-18)19-4-5-20-15/h1-2,4-5,7,12,14H,3,6H2,(H,20,21). The van der Waals surface area contributed by atoms with Crippen LogP contribution < -0.4 is 5.32 Å². The van der Waals surface area contributed by atoms with Crippen molar-refractivity contribution in [2.45, 2.75) is 18.6 Å². The third-order valence-corrected chi connectivity index (χ3v) is 3.49. The van der Waals surface area contributed by atoms with Gasteiger partial charge in [0, 0.05) is 19.0 Å². The van der Waals surface area contributed by atoms with Crippen LogP contribution in [0.5, 0.6) is 0 Å². The zero-order chi connectivity index (χ0) is 15.5. The number of anilines is 1. The highest BCUT2D eigenvalue weighted by Gasteiger charge is 2.31. The minimum absolute atomic E-state index is 0.179. The van der Waals surface area contributed by atoms with Crippen LogP contribution in [0.4, 0.5) is 14.6 Å². The molecule has 1 aromatic heterocycles. The molecule has 0 saturated carbocycles. The van der Waals surface area contributed by atoms with E-state index in [2.05, 4.69) is 15.3 Å². The molecule has 0 amide bonds. The van der Waals surface area contributed by atoms with Crippen molar-refractivity contribution in [3.63, 3.8) is 0 Å².